The van der Waals surface area contributed by atoms with E-state index in [4.69, 9.17) is 4.74 Å². The zero-order chi connectivity index (χ0) is 21.8. The van der Waals surface area contributed by atoms with Crippen molar-refractivity contribution in [2.75, 3.05) is 7.11 Å². The van der Waals surface area contributed by atoms with Crippen molar-refractivity contribution in [2.45, 2.75) is 19.0 Å². The van der Waals surface area contributed by atoms with Crippen LogP contribution in [0.3, 0.4) is 0 Å². The van der Waals surface area contributed by atoms with Crippen LogP contribution >= 0.6 is 0 Å². The Kier molecular flexibility index (Phi) is 5.80. The molecule has 0 aliphatic carbocycles. The molecule has 2 amide bonds. The molecule has 1 heterocycles. The highest BCUT2D eigenvalue weighted by atomic mass is 16.5. The molecule has 6 nitrogen and oxygen atoms in total. The molecule has 4 rings (SSSR count). The van der Waals surface area contributed by atoms with Gasteiger partial charge in [-0.2, -0.15) is 0 Å². The molecule has 1 aliphatic heterocycles. The van der Waals surface area contributed by atoms with Gasteiger partial charge in [-0.05, 0) is 43.3 Å². The average molecular weight is 414 g/mol. The second kappa shape index (κ2) is 8.83. The Morgan fingerprint density at radius 2 is 1.68 bits per heavy atom. The third-order valence-corrected chi connectivity index (χ3v) is 5.28. The number of benzene rings is 3. The van der Waals surface area contributed by atoms with E-state index in [9.17, 15) is 9.59 Å². The highest BCUT2D eigenvalue weighted by Gasteiger charge is 2.47. The lowest BCUT2D eigenvalue weighted by Crippen LogP contribution is -2.42. The molecule has 2 N–H and O–H groups in total. The smallest absolute Gasteiger partial charge is 0.304 e. The summed E-state index contributed by atoms with van der Waals surface area (Å²) in [4.78, 5) is 25.7. The summed E-state index contributed by atoms with van der Waals surface area (Å²) >= 11 is 0. The molecule has 0 bridgehead atoms. The first-order valence-corrected chi connectivity index (χ1v) is 10.1. The minimum Gasteiger partial charge on any atom is -0.497 e. The topological polar surface area (TPSA) is 70.4 Å². The van der Waals surface area contributed by atoms with E-state index in [1.165, 1.54) is 0 Å². The van der Waals surface area contributed by atoms with Crippen molar-refractivity contribution in [1.82, 2.24) is 10.7 Å². The number of hydrogen-bond acceptors (Lipinski definition) is 3. The van der Waals surface area contributed by atoms with Gasteiger partial charge >= 0.3 is 5.91 Å². The summed E-state index contributed by atoms with van der Waals surface area (Å²) in [6.45, 7) is 2.01. The lowest BCUT2D eigenvalue weighted by molar-refractivity contribution is -0.596. The molecule has 1 aliphatic rings. The maximum atomic E-state index is 12.9. The fraction of sp³-hybridized carbons (Fsp3) is 0.160. The lowest BCUT2D eigenvalue weighted by Gasteiger charge is -2.15. The summed E-state index contributed by atoms with van der Waals surface area (Å²) in [5.74, 6) is 0.203. The van der Waals surface area contributed by atoms with Gasteiger partial charge in [0, 0.05) is 16.7 Å². The summed E-state index contributed by atoms with van der Waals surface area (Å²) in [7, 11) is 1.62. The van der Waals surface area contributed by atoms with Gasteiger partial charge in [-0.3, -0.25) is 9.59 Å². The van der Waals surface area contributed by atoms with Crippen LogP contribution in [0.5, 0.6) is 5.75 Å². The first-order valence-electron chi connectivity index (χ1n) is 10.1. The van der Waals surface area contributed by atoms with Crippen LogP contribution in [-0.4, -0.2) is 35.9 Å². The van der Waals surface area contributed by atoms with Crippen molar-refractivity contribution in [3.8, 4) is 5.75 Å². The zero-order valence-corrected chi connectivity index (χ0v) is 17.4. The molecule has 0 aromatic heterocycles. The second-order valence-electron chi connectivity index (χ2n) is 7.46. The summed E-state index contributed by atoms with van der Waals surface area (Å²) in [6.07, 6.45) is 1.86. The summed E-state index contributed by atoms with van der Waals surface area (Å²) in [5, 5.41) is 2.91. The number of nitrogens with zero attached hydrogens (tertiary/aromatic N) is 1. The monoisotopic (exact) mass is 414 g/mol. The van der Waals surface area contributed by atoms with E-state index in [1.54, 1.807) is 36.1 Å². The van der Waals surface area contributed by atoms with Crippen LogP contribution in [-0.2, 0) is 4.79 Å². The molecule has 156 valence electrons. The Hall–Kier alpha value is -3.93. The van der Waals surface area contributed by atoms with Crippen LogP contribution in [0.2, 0.25) is 0 Å². The number of hydrazone groups is 1. The summed E-state index contributed by atoms with van der Waals surface area (Å²) in [6, 6.07) is 23.3. The predicted octanol–water partition coefficient (Wildman–Crippen LogP) is 3.02. The zero-order valence-electron chi connectivity index (χ0n) is 17.4. The number of hydrogen-bond donors (Lipinski definition) is 2. The van der Waals surface area contributed by atoms with Gasteiger partial charge in [-0.1, -0.05) is 48.0 Å². The molecule has 0 unspecified atom stereocenters. The Labute approximate surface area is 181 Å². The quantitative estimate of drug-likeness (QED) is 0.631. The molecule has 0 radical (unpaired) electrons. The molecular formula is C25H24N3O3+. The third-order valence-electron chi connectivity index (χ3n) is 5.28. The second-order valence-corrected chi connectivity index (χ2v) is 7.46. The maximum absolute atomic E-state index is 12.9. The number of nitrogens with one attached hydrogen (secondary N) is 2. The van der Waals surface area contributed by atoms with Crippen molar-refractivity contribution in [3.05, 3.63) is 101 Å². The molecule has 31 heavy (non-hydrogen) atoms. The van der Waals surface area contributed by atoms with Crippen molar-refractivity contribution in [2.24, 2.45) is 0 Å². The number of methoxy groups -OCH3 is 1. The molecule has 0 saturated carbocycles. The van der Waals surface area contributed by atoms with Crippen molar-refractivity contribution in [1.29, 1.82) is 0 Å². The van der Waals surface area contributed by atoms with Crippen LogP contribution in [0.15, 0.2) is 78.9 Å². The maximum Gasteiger partial charge on any atom is 0.304 e. The van der Waals surface area contributed by atoms with Crippen LogP contribution < -0.4 is 15.5 Å². The van der Waals surface area contributed by atoms with E-state index in [2.05, 4.69) is 10.7 Å². The Morgan fingerprint density at radius 1 is 1.00 bits per heavy atom. The number of carbonyl (C=O) groups excluding carboxylic acids is 2. The van der Waals surface area contributed by atoms with Crippen LogP contribution in [0.4, 0.5) is 0 Å². The van der Waals surface area contributed by atoms with Gasteiger partial charge in [0.1, 0.15) is 5.75 Å². The summed E-state index contributed by atoms with van der Waals surface area (Å²) in [5.41, 5.74) is 6.35. The fourth-order valence-electron chi connectivity index (χ4n) is 3.61. The Bertz CT molecular complexity index is 1110. The van der Waals surface area contributed by atoms with Gasteiger partial charge in [0.05, 0.1) is 7.11 Å². The SMILES string of the molecule is COc1ccc(/C=[N+]2\NC(=O)[C@H](NC(=O)c3ccccc3)[C@@H]2c2ccc(C)cc2)cc1. The third kappa shape index (κ3) is 4.48. The number of rotatable bonds is 5. The number of ether oxygens (including phenoxy) is 1. The molecule has 3 aromatic rings. The number of aryl methyl sites for hydroxylation is 1. The van der Waals surface area contributed by atoms with Gasteiger partial charge in [0.25, 0.3) is 5.91 Å². The van der Waals surface area contributed by atoms with Gasteiger partial charge in [-0.15, -0.1) is 10.1 Å². The molecule has 2 atom stereocenters. The Morgan fingerprint density at radius 3 is 2.32 bits per heavy atom. The average Bonchev–Trinajstić information content (AvgIpc) is 3.10. The van der Waals surface area contributed by atoms with Gasteiger partial charge in [0.15, 0.2) is 6.04 Å². The lowest BCUT2D eigenvalue weighted by atomic mass is 9.98. The van der Waals surface area contributed by atoms with E-state index in [1.807, 2.05) is 67.7 Å². The Balaban J connectivity index is 1.69. The van der Waals surface area contributed by atoms with E-state index in [0.29, 0.717) is 5.56 Å². The largest absolute Gasteiger partial charge is 0.497 e. The molecule has 1 saturated heterocycles. The highest BCUT2D eigenvalue weighted by molar-refractivity contribution is 5.98. The highest BCUT2D eigenvalue weighted by Crippen LogP contribution is 2.26. The van der Waals surface area contributed by atoms with E-state index in [0.717, 1.165) is 22.4 Å². The van der Waals surface area contributed by atoms with Crippen molar-refractivity contribution >= 4 is 18.0 Å². The van der Waals surface area contributed by atoms with Crippen molar-refractivity contribution < 1.29 is 19.0 Å². The van der Waals surface area contributed by atoms with E-state index >= 15 is 0 Å². The van der Waals surface area contributed by atoms with E-state index < -0.39 is 12.1 Å². The van der Waals surface area contributed by atoms with Crippen LogP contribution in [0.1, 0.15) is 33.1 Å². The van der Waals surface area contributed by atoms with Gasteiger partial charge < -0.3 is 10.1 Å². The minimum atomic E-state index is -0.745. The summed E-state index contributed by atoms with van der Waals surface area (Å²) < 4.78 is 6.97. The molecule has 1 fully saturated rings. The normalized spacial score (nSPS) is 19.2. The first-order chi connectivity index (χ1) is 15.0. The first kappa shape index (κ1) is 20.3. The predicted molar refractivity (Wildman–Crippen MR) is 118 cm³/mol. The fourth-order valence-corrected chi connectivity index (χ4v) is 3.61. The van der Waals surface area contributed by atoms with E-state index in [-0.39, 0.29) is 11.8 Å². The van der Waals surface area contributed by atoms with Crippen LogP contribution in [0.25, 0.3) is 0 Å². The molecule has 3 aromatic carbocycles. The number of carbonyl (C=O) groups is 2. The molecular weight excluding hydrogens is 390 g/mol. The molecule has 6 heteroatoms. The minimum absolute atomic E-state index is 0.264. The number of hydrazine groups is 1. The van der Waals surface area contributed by atoms with Gasteiger partial charge in [0.2, 0.25) is 12.3 Å². The molecule has 0 spiro atoms. The number of amides is 2. The standard InChI is InChI=1S/C25H23N3O3/c1-17-8-12-19(13-9-17)23-22(26-24(29)20-6-4-3-5-7-20)25(30)27-28(23)16-18-10-14-21(31-2)15-11-18/h3-16,22-23H,1-2H3,(H-,26,27,29,30)/p+1/b28-16-/t22-,23+/m1/s1. The van der Waals surface area contributed by atoms with Gasteiger partial charge in [-0.25, -0.2) is 0 Å². The van der Waals surface area contributed by atoms with Crippen LogP contribution in [0, 0.1) is 6.92 Å². The van der Waals surface area contributed by atoms with Crippen molar-refractivity contribution in [3.63, 3.8) is 0 Å².